The molecule has 0 unspecified atom stereocenters. The van der Waals surface area contributed by atoms with Gasteiger partial charge in [-0.2, -0.15) is 0 Å². The van der Waals surface area contributed by atoms with Crippen molar-refractivity contribution in [2.24, 2.45) is 0 Å². The van der Waals surface area contributed by atoms with Crippen LogP contribution in [0.15, 0.2) is 24.3 Å². The second-order valence-electron chi connectivity index (χ2n) is 6.26. The molecule has 0 atom stereocenters. The molecule has 2 amide bonds. The number of nitrogens with zero attached hydrogens (tertiary/aromatic N) is 1. The Balaban J connectivity index is 1.81. The van der Waals surface area contributed by atoms with Gasteiger partial charge in [0.1, 0.15) is 0 Å². The minimum absolute atomic E-state index is 0.0843. The van der Waals surface area contributed by atoms with Crippen molar-refractivity contribution in [3.8, 4) is 0 Å². The third-order valence-electron chi connectivity index (χ3n) is 4.35. The molecule has 0 radical (unpaired) electrons. The molecule has 4 nitrogen and oxygen atoms in total. The number of unbranched alkanes of at least 4 members (excludes halogenated alkanes) is 1. The van der Waals surface area contributed by atoms with Crippen molar-refractivity contribution >= 4 is 17.4 Å². The van der Waals surface area contributed by atoms with Gasteiger partial charge in [0.05, 0.1) is 0 Å². The lowest BCUT2D eigenvalue weighted by molar-refractivity contribution is 0.244. The molecule has 2 rings (SSSR count). The van der Waals surface area contributed by atoms with Gasteiger partial charge in [-0.25, -0.2) is 4.79 Å². The normalized spacial score (nSPS) is 15.4. The highest BCUT2D eigenvalue weighted by molar-refractivity contribution is 5.89. The molecule has 0 aromatic heterocycles. The van der Waals surface area contributed by atoms with Gasteiger partial charge in [-0.1, -0.05) is 32.6 Å². The molecule has 22 heavy (non-hydrogen) atoms. The minimum atomic E-state index is -0.0843. The lowest BCUT2D eigenvalue weighted by Gasteiger charge is -2.23. The first-order chi connectivity index (χ1) is 10.7. The Bertz CT molecular complexity index is 452. The topological polar surface area (TPSA) is 44.4 Å². The highest BCUT2D eigenvalue weighted by Crippen LogP contribution is 2.19. The minimum Gasteiger partial charge on any atom is -0.375 e. The predicted molar refractivity (Wildman–Crippen MR) is 93.6 cm³/mol. The zero-order chi connectivity index (χ0) is 15.8. The summed E-state index contributed by atoms with van der Waals surface area (Å²) in [5, 5.41) is 6.00. The first-order valence-electron chi connectivity index (χ1n) is 8.57. The number of nitrogens with one attached hydrogen (secondary N) is 2. The van der Waals surface area contributed by atoms with Gasteiger partial charge >= 0.3 is 6.03 Å². The number of hydrogen-bond donors (Lipinski definition) is 2. The van der Waals surface area contributed by atoms with E-state index in [1.54, 1.807) is 0 Å². The number of carbonyl (C=O) groups excluding carboxylic acids is 1. The van der Waals surface area contributed by atoms with E-state index < -0.39 is 0 Å². The Morgan fingerprint density at radius 1 is 1.18 bits per heavy atom. The summed E-state index contributed by atoms with van der Waals surface area (Å²) in [5.41, 5.74) is 2.03. The first-order valence-corrected chi connectivity index (χ1v) is 8.57. The summed E-state index contributed by atoms with van der Waals surface area (Å²) in [5.74, 6) is 0. The summed E-state index contributed by atoms with van der Waals surface area (Å²) in [6, 6.07) is 8.32. The maximum atomic E-state index is 12.0. The fourth-order valence-corrected chi connectivity index (χ4v) is 2.92. The molecule has 4 heteroatoms. The van der Waals surface area contributed by atoms with Crippen LogP contribution >= 0.6 is 0 Å². The van der Waals surface area contributed by atoms with Gasteiger partial charge in [0.2, 0.25) is 0 Å². The standard InChI is InChI=1S/C18H29N3O/c1-3-4-14-21(2)17-12-10-16(11-13-17)20-18(22)19-15-8-6-5-7-9-15/h10-13,15H,3-9,14H2,1-2H3,(H2,19,20,22). The molecule has 1 aliphatic carbocycles. The zero-order valence-electron chi connectivity index (χ0n) is 13.9. The molecular weight excluding hydrogens is 274 g/mol. The predicted octanol–water partition coefficient (Wildman–Crippen LogP) is 4.38. The van der Waals surface area contributed by atoms with E-state index in [-0.39, 0.29) is 6.03 Å². The van der Waals surface area contributed by atoms with Gasteiger partial charge in [0, 0.05) is 31.0 Å². The number of benzene rings is 1. The highest BCUT2D eigenvalue weighted by atomic mass is 16.2. The van der Waals surface area contributed by atoms with Crippen molar-refractivity contribution in [1.29, 1.82) is 0 Å². The lowest BCUT2D eigenvalue weighted by atomic mass is 9.96. The average Bonchev–Trinajstić information content (AvgIpc) is 2.54. The highest BCUT2D eigenvalue weighted by Gasteiger charge is 2.15. The molecule has 1 aromatic carbocycles. The Morgan fingerprint density at radius 2 is 1.86 bits per heavy atom. The van der Waals surface area contributed by atoms with Crippen LogP contribution in [-0.2, 0) is 0 Å². The molecule has 122 valence electrons. The second-order valence-corrected chi connectivity index (χ2v) is 6.26. The molecule has 0 bridgehead atoms. The summed E-state index contributed by atoms with van der Waals surface area (Å²) in [6.45, 7) is 3.26. The van der Waals surface area contributed by atoms with Crippen LogP contribution < -0.4 is 15.5 Å². The Hall–Kier alpha value is -1.71. The van der Waals surface area contributed by atoms with Crippen LogP contribution in [0.2, 0.25) is 0 Å². The van der Waals surface area contributed by atoms with Crippen LogP contribution in [-0.4, -0.2) is 25.7 Å². The Labute approximate surface area is 134 Å². The van der Waals surface area contributed by atoms with Crippen LogP contribution in [0.1, 0.15) is 51.9 Å². The number of hydrogen-bond acceptors (Lipinski definition) is 2. The van der Waals surface area contributed by atoms with Crippen LogP contribution in [0.5, 0.6) is 0 Å². The summed E-state index contributed by atoms with van der Waals surface area (Å²) in [7, 11) is 2.11. The van der Waals surface area contributed by atoms with Crippen LogP contribution in [0.4, 0.5) is 16.2 Å². The number of carbonyl (C=O) groups is 1. The summed E-state index contributed by atoms with van der Waals surface area (Å²) < 4.78 is 0. The van der Waals surface area contributed by atoms with E-state index in [2.05, 4.69) is 41.6 Å². The van der Waals surface area contributed by atoms with Crippen LogP contribution in [0, 0.1) is 0 Å². The fraction of sp³-hybridized carbons (Fsp3) is 0.611. The van der Waals surface area contributed by atoms with Crippen LogP contribution in [0.25, 0.3) is 0 Å². The molecule has 0 saturated heterocycles. The van der Waals surface area contributed by atoms with Gasteiger partial charge in [-0.15, -0.1) is 0 Å². The van der Waals surface area contributed by atoms with Crippen molar-refractivity contribution < 1.29 is 4.79 Å². The van der Waals surface area contributed by atoms with Gasteiger partial charge < -0.3 is 15.5 Å². The number of urea groups is 1. The van der Waals surface area contributed by atoms with Crippen molar-refractivity contribution in [2.45, 2.75) is 57.9 Å². The lowest BCUT2D eigenvalue weighted by Crippen LogP contribution is -2.39. The Morgan fingerprint density at radius 3 is 2.50 bits per heavy atom. The summed E-state index contributed by atoms with van der Waals surface area (Å²) >= 11 is 0. The zero-order valence-corrected chi connectivity index (χ0v) is 13.9. The van der Waals surface area contributed by atoms with Gasteiger partial charge in [-0.05, 0) is 43.5 Å². The van der Waals surface area contributed by atoms with E-state index in [0.29, 0.717) is 6.04 Å². The van der Waals surface area contributed by atoms with Gasteiger partial charge in [0.15, 0.2) is 0 Å². The van der Waals surface area contributed by atoms with E-state index in [1.807, 2.05) is 12.1 Å². The third-order valence-corrected chi connectivity index (χ3v) is 4.35. The smallest absolute Gasteiger partial charge is 0.319 e. The second kappa shape index (κ2) is 8.66. The maximum Gasteiger partial charge on any atom is 0.319 e. The van der Waals surface area contributed by atoms with E-state index >= 15 is 0 Å². The largest absolute Gasteiger partial charge is 0.375 e. The Kier molecular flexibility index (Phi) is 6.56. The molecular formula is C18H29N3O. The van der Waals surface area contributed by atoms with E-state index in [0.717, 1.165) is 25.1 Å². The fourth-order valence-electron chi connectivity index (χ4n) is 2.92. The molecule has 2 N–H and O–H groups in total. The molecule has 1 saturated carbocycles. The average molecular weight is 303 g/mol. The van der Waals surface area contributed by atoms with Crippen molar-refractivity contribution in [3.05, 3.63) is 24.3 Å². The van der Waals surface area contributed by atoms with Crippen LogP contribution in [0.3, 0.4) is 0 Å². The number of amides is 2. The molecule has 0 heterocycles. The van der Waals surface area contributed by atoms with Crippen molar-refractivity contribution in [1.82, 2.24) is 5.32 Å². The molecule has 1 aromatic rings. The quantitative estimate of drug-likeness (QED) is 0.819. The van der Waals surface area contributed by atoms with Crippen molar-refractivity contribution in [3.63, 3.8) is 0 Å². The van der Waals surface area contributed by atoms with E-state index in [4.69, 9.17) is 0 Å². The van der Waals surface area contributed by atoms with E-state index in [1.165, 1.54) is 37.8 Å². The number of anilines is 2. The third kappa shape index (κ3) is 5.24. The summed E-state index contributed by atoms with van der Waals surface area (Å²) in [6.07, 6.45) is 8.36. The molecule has 1 fully saturated rings. The monoisotopic (exact) mass is 303 g/mol. The maximum absolute atomic E-state index is 12.0. The van der Waals surface area contributed by atoms with E-state index in [9.17, 15) is 4.79 Å². The number of rotatable bonds is 6. The first kappa shape index (κ1) is 16.7. The molecule has 0 spiro atoms. The van der Waals surface area contributed by atoms with Gasteiger partial charge in [0.25, 0.3) is 0 Å². The SMILES string of the molecule is CCCCN(C)c1ccc(NC(=O)NC2CCCCC2)cc1. The molecule has 0 aliphatic heterocycles. The van der Waals surface area contributed by atoms with Gasteiger partial charge in [-0.3, -0.25) is 0 Å². The summed E-state index contributed by atoms with van der Waals surface area (Å²) in [4.78, 5) is 14.3. The molecule has 1 aliphatic rings. The van der Waals surface area contributed by atoms with Crippen molar-refractivity contribution in [2.75, 3.05) is 23.8 Å².